The Morgan fingerprint density at radius 2 is 1.65 bits per heavy atom. The molecule has 2 aromatic heterocycles. The van der Waals surface area contributed by atoms with Crippen molar-refractivity contribution in [2.45, 2.75) is 32.4 Å². The number of phenols is 1. The fraction of sp³-hybridized carbons (Fsp3) is 0.200. The van der Waals surface area contributed by atoms with Crippen molar-refractivity contribution in [2.75, 3.05) is 5.32 Å². The number of pyridine rings is 1. The number of halogens is 3. The Hall–Kier alpha value is -3.59. The number of phenolic OH excluding ortho intramolecular Hbond substituents is 1. The number of nitrogens with one attached hydrogen (secondary N) is 1. The average Bonchev–Trinajstić information content (AvgIpc) is 3.19. The van der Waals surface area contributed by atoms with Crippen molar-refractivity contribution in [3.8, 4) is 27.8 Å². The minimum absolute atomic E-state index is 0.00691. The van der Waals surface area contributed by atoms with E-state index in [-0.39, 0.29) is 32.6 Å². The summed E-state index contributed by atoms with van der Waals surface area (Å²) in [6.45, 7) is 6.17. The second-order valence-corrected chi connectivity index (χ2v) is 9.54. The van der Waals surface area contributed by atoms with Crippen LogP contribution in [0.1, 0.15) is 32.0 Å². The van der Waals surface area contributed by atoms with E-state index < -0.39 is 11.9 Å². The first kappa shape index (κ1) is 23.6. The van der Waals surface area contributed by atoms with Crippen LogP contribution in [0.15, 0.2) is 66.9 Å². The summed E-state index contributed by atoms with van der Waals surface area (Å²) < 4.78 is 47.3. The maximum Gasteiger partial charge on any atom is 0.434 e. The van der Waals surface area contributed by atoms with E-state index in [9.17, 15) is 18.3 Å². The molecule has 0 bridgehead atoms. The van der Waals surface area contributed by atoms with E-state index in [0.29, 0.717) is 11.4 Å². The highest BCUT2D eigenvalue weighted by Crippen LogP contribution is 2.45. The first-order valence-corrected chi connectivity index (χ1v) is 11.2. The van der Waals surface area contributed by atoms with Crippen molar-refractivity contribution >= 4 is 22.2 Å². The van der Waals surface area contributed by atoms with Gasteiger partial charge in [0.25, 0.3) is 0 Å². The molecule has 0 unspecified atom stereocenters. The number of hydrogen-bond acceptors (Lipinski definition) is 6. The summed E-state index contributed by atoms with van der Waals surface area (Å²) in [5, 5.41) is 13.0. The molecule has 0 fully saturated rings. The van der Waals surface area contributed by atoms with E-state index in [2.05, 4.69) is 36.1 Å². The highest BCUT2D eigenvalue weighted by atomic mass is 32.1. The second kappa shape index (κ2) is 8.98. The number of alkyl halides is 3. The predicted octanol–water partition coefficient (Wildman–Crippen LogP) is 7.76. The fourth-order valence-corrected chi connectivity index (χ4v) is 4.41. The summed E-state index contributed by atoms with van der Waals surface area (Å²) in [5.41, 5.74) is 0.107. The number of thiazole rings is 1. The van der Waals surface area contributed by atoms with Crippen LogP contribution < -0.4 is 10.1 Å². The SMILES string of the molecule is CC(C)(C)c1ccccc1Oc1ncccc1Nc1nc(C(F)(F)F)c(-c2ccccc2O)s1. The van der Waals surface area contributed by atoms with Crippen LogP contribution in [0.2, 0.25) is 0 Å². The van der Waals surface area contributed by atoms with Crippen LogP contribution in [-0.2, 0) is 11.6 Å². The van der Waals surface area contributed by atoms with Gasteiger partial charge in [-0.2, -0.15) is 13.2 Å². The number of para-hydroxylation sites is 2. The molecule has 4 aromatic rings. The average molecular weight is 486 g/mol. The molecule has 0 saturated carbocycles. The first-order chi connectivity index (χ1) is 16.0. The van der Waals surface area contributed by atoms with Crippen LogP contribution in [0.3, 0.4) is 0 Å². The first-order valence-electron chi connectivity index (χ1n) is 10.4. The normalized spacial score (nSPS) is 11.9. The maximum absolute atomic E-state index is 13.7. The Morgan fingerprint density at radius 1 is 0.941 bits per heavy atom. The zero-order valence-corrected chi connectivity index (χ0v) is 19.5. The molecule has 0 aliphatic rings. The third-order valence-corrected chi connectivity index (χ3v) is 5.96. The minimum Gasteiger partial charge on any atom is -0.507 e. The zero-order valence-electron chi connectivity index (χ0n) is 18.6. The molecule has 0 saturated heterocycles. The monoisotopic (exact) mass is 485 g/mol. The molecule has 2 aromatic carbocycles. The molecule has 2 heterocycles. The van der Waals surface area contributed by atoms with Gasteiger partial charge in [-0.05, 0) is 35.7 Å². The summed E-state index contributed by atoms with van der Waals surface area (Å²) in [5.74, 6) is 0.543. The van der Waals surface area contributed by atoms with E-state index in [1.165, 1.54) is 18.3 Å². The molecule has 4 rings (SSSR count). The molecule has 9 heteroatoms. The van der Waals surface area contributed by atoms with Gasteiger partial charge >= 0.3 is 6.18 Å². The van der Waals surface area contributed by atoms with Crippen LogP contribution in [0.4, 0.5) is 24.0 Å². The fourth-order valence-electron chi connectivity index (χ4n) is 3.38. The van der Waals surface area contributed by atoms with Crippen LogP contribution in [-0.4, -0.2) is 15.1 Å². The van der Waals surface area contributed by atoms with Gasteiger partial charge in [-0.25, -0.2) is 9.97 Å². The number of hydrogen-bond donors (Lipinski definition) is 2. The highest BCUT2D eigenvalue weighted by Gasteiger charge is 2.38. The van der Waals surface area contributed by atoms with Gasteiger partial charge in [-0.1, -0.05) is 62.4 Å². The van der Waals surface area contributed by atoms with E-state index in [1.807, 2.05) is 24.3 Å². The lowest BCUT2D eigenvalue weighted by molar-refractivity contribution is -0.140. The molecule has 0 aliphatic heterocycles. The molecule has 176 valence electrons. The van der Waals surface area contributed by atoms with E-state index in [1.54, 1.807) is 24.3 Å². The van der Waals surface area contributed by atoms with Crippen LogP contribution in [0.25, 0.3) is 10.4 Å². The number of ether oxygens (including phenoxy) is 1. The lowest BCUT2D eigenvalue weighted by Crippen LogP contribution is -2.12. The van der Waals surface area contributed by atoms with Gasteiger partial charge in [-0.15, -0.1) is 0 Å². The second-order valence-electron chi connectivity index (χ2n) is 8.54. The molecule has 34 heavy (non-hydrogen) atoms. The molecule has 5 nitrogen and oxygen atoms in total. The van der Waals surface area contributed by atoms with Gasteiger partial charge in [0, 0.05) is 17.3 Å². The van der Waals surface area contributed by atoms with E-state index in [0.717, 1.165) is 16.9 Å². The molecule has 2 N–H and O–H groups in total. The number of aromatic nitrogens is 2. The van der Waals surface area contributed by atoms with Crippen molar-refractivity contribution < 1.29 is 23.0 Å². The Kier molecular flexibility index (Phi) is 6.22. The molecule has 0 spiro atoms. The van der Waals surface area contributed by atoms with Crippen molar-refractivity contribution in [2.24, 2.45) is 0 Å². The summed E-state index contributed by atoms with van der Waals surface area (Å²) in [6, 6.07) is 16.7. The summed E-state index contributed by atoms with van der Waals surface area (Å²) in [7, 11) is 0. The quantitative estimate of drug-likeness (QED) is 0.302. The molecular weight excluding hydrogens is 463 g/mol. The van der Waals surface area contributed by atoms with Crippen molar-refractivity contribution in [3.05, 3.63) is 78.1 Å². The topological polar surface area (TPSA) is 67.3 Å². The molecule has 0 aliphatic carbocycles. The minimum atomic E-state index is -4.70. The lowest BCUT2D eigenvalue weighted by atomic mass is 9.86. The molecule has 0 atom stereocenters. The number of benzene rings is 2. The zero-order chi connectivity index (χ0) is 24.5. The summed E-state index contributed by atoms with van der Waals surface area (Å²) in [6.07, 6.45) is -3.16. The molecule has 0 amide bonds. The number of nitrogens with zero attached hydrogens (tertiary/aromatic N) is 2. The predicted molar refractivity (Wildman–Crippen MR) is 127 cm³/mol. The lowest BCUT2D eigenvalue weighted by Gasteiger charge is -2.22. The third-order valence-electron chi connectivity index (χ3n) is 4.96. The third kappa shape index (κ3) is 4.99. The standard InChI is InChI=1S/C25H22F3N3O2S/c1-24(2,3)16-10-5-7-13-19(16)33-22-17(11-8-14-29-22)30-23-31-21(25(26,27)28)20(34-23)15-9-4-6-12-18(15)32/h4-14,32H,1-3H3,(H,30,31). The van der Waals surface area contributed by atoms with E-state index in [4.69, 9.17) is 4.74 Å². The van der Waals surface area contributed by atoms with Gasteiger partial charge in [0.2, 0.25) is 5.88 Å². The number of rotatable bonds is 5. The maximum atomic E-state index is 13.7. The smallest absolute Gasteiger partial charge is 0.434 e. The van der Waals surface area contributed by atoms with Crippen molar-refractivity contribution in [1.82, 2.24) is 9.97 Å². The van der Waals surface area contributed by atoms with Crippen LogP contribution >= 0.6 is 11.3 Å². The Balaban J connectivity index is 1.72. The summed E-state index contributed by atoms with van der Waals surface area (Å²) in [4.78, 5) is 7.88. The number of aromatic hydroxyl groups is 1. The largest absolute Gasteiger partial charge is 0.507 e. The van der Waals surface area contributed by atoms with Crippen molar-refractivity contribution in [3.63, 3.8) is 0 Å². The molecule has 0 radical (unpaired) electrons. The van der Waals surface area contributed by atoms with Gasteiger partial charge < -0.3 is 15.2 Å². The van der Waals surface area contributed by atoms with E-state index >= 15 is 0 Å². The van der Waals surface area contributed by atoms with Crippen molar-refractivity contribution in [1.29, 1.82) is 0 Å². The Labute approximate surface area is 198 Å². The summed E-state index contributed by atoms with van der Waals surface area (Å²) >= 11 is 0.785. The molecular formula is C25H22F3N3O2S. The number of anilines is 2. The Bertz CT molecular complexity index is 1310. The Morgan fingerprint density at radius 3 is 2.35 bits per heavy atom. The van der Waals surface area contributed by atoms with Gasteiger partial charge in [-0.3, -0.25) is 0 Å². The van der Waals surface area contributed by atoms with Gasteiger partial charge in [0.1, 0.15) is 17.2 Å². The van der Waals surface area contributed by atoms with Crippen LogP contribution in [0.5, 0.6) is 17.4 Å². The van der Waals surface area contributed by atoms with Gasteiger partial charge in [0.15, 0.2) is 10.8 Å². The van der Waals surface area contributed by atoms with Crippen LogP contribution in [0, 0.1) is 0 Å². The highest BCUT2D eigenvalue weighted by molar-refractivity contribution is 7.19. The van der Waals surface area contributed by atoms with Gasteiger partial charge in [0.05, 0.1) is 4.88 Å².